The summed E-state index contributed by atoms with van der Waals surface area (Å²) in [5, 5.41) is 13.2. The molecule has 0 saturated carbocycles. The lowest BCUT2D eigenvalue weighted by Gasteiger charge is -2.05. The summed E-state index contributed by atoms with van der Waals surface area (Å²) in [6, 6.07) is 14.1. The van der Waals surface area contributed by atoms with Gasteiger partial charge in [-0.05, 0) is 41.8 Å². The van der Waals surface area contributed by atoms with Gasteiger partial charge in [-0.25, -0.2) is 5.43 Å². The molecule has 0 unspecified atom stereocenters. The van der Waals surface area contributed by atoms with Crippen molar-refractivity contribution in [2.75, 3.05) is 6.61 Å². The third-order valence-electron chi connectivity index (χ3n) is 3.33. The van der Waals surface area contributed by atoms with Gasteiger partial charge in [-0.3, -0.25) is 4.79 Å². The minimum atomic E-state index is -0.215. The highest BCUT2D eigenvalue weighted by atomic mass is 16.5. The van der Waals surface area contributed by atoms with Crippen molar-refractivity contribution in [3.63, 3.8) is 0 Å². The predicted octanol–water partition coefficient (Wildman–Crippen LogP) is 3.26. The summed E-state index contributed by atoms with van der Waals surface area (Å²) >= 11 is 0. The first-order valence-corrected chi connectivity index (χ1v) is 8.00. The number of aromatic hydroxyl groups is 1. The van der Waals surface area contributed by atoms with Gasteiger partial charge in [-0.2, -0.15) is 5.10 Å². The molecule has 0 spiro atoms. The molecule has 0 fully saturated rings. The maximum atomic E-state index is 11.8. The van der Waals surface area contributed by atoms with Crippen molar-refractivity contribution in [3.8, 4) is 11.5 Å². The quantitative estimate of drug-likeness (QED) is 0.444. The van der Waals surface area contributed by atoms with Crippen LogP contribution in [0.3, 0.4) is 0 Å². The van der Waals surface area contributed by atoms with Crippen LogP contribution in [0, 0.1) is 0 Å². The summed E-state index contributed by atoms with van der Waals surface area (Å²) in [6.45, 7) is 2.81. The van der Waals surface area contributed by atoms with E-state index in [0.717, 1.165) is 29.7 Å². The Bertz CT molecular complexity index is 681. The Morgan fingerprint density at radius 2 is 2.04 bits per heavy atom. The molecule has 0 heterocycles. The number of carbonyl (C=O) groups is 1. The van der Waals surface area contributed by atoms with E-state index in [0.29, 0.717) is 6.61 Å². The van der Waals surface area contributed by atoms with E-state index in [1.807, 2.05) is 24.3 Å². The molecule has 2 aromatic rings. The molecule has 0 aliphatic carbocycles. The minimum absolute atomic E-state index is 0.179. The van der Waals surface area contributed by atoms with Crippen LogP contribution in [0.2, 0.25) is 0 Å². The van der Waals surface area contributed by atoms with Crippen molar-refractivity contribution in [1.82, 2.24) is 5.43 Å². The number of amides is 1. The van der Waals surface area contributed by atoms with E-state index in [2.05, 4.69) is 17.5 Å². The van der Waals surface area contributed by atoms with Crippen LogP contribution in [0.4, 0.5) is 0 Å². The fraction of sp³-hybridized carbons (Fsp3) is 0.263. The molecule has 0 atom stereocenters. The van der Waals surface area contributed by atoms with Crippen molar-refractivity contribution in [3.05, 3.63) is 59.7 Å². The zero-order valence-corrected chi connectivity index (χ0v) is 13.7. The van der Waals surface area contributed by atoms with Crippen molar-refractivity contribution < 1.29 is 14.6 Å². The fourth-order valence-corrected chi connectivity index (χ4v) is 2.04. The molecule has 24 heavy (non-hydrogen) atoms. The van der Waals surface area contributed by atoms with E-state index in [1.54, 1.807) is 30.5 Å². The van der Waals surface area contributed by atoms with Crippen LogP contribution in [0.25, 0.3) is 0 Å². The number of carbonyl (C=O) groups excluding carboxylic acids is 1. The Labute approximate surface area is 142 Å². The number of hydrazone groups is 1. The Morgan fingerprint density at radius 1 is 1.25 bits per heavy atom. The van der Waals surface area contributed by atoms with E-state index in [9.17, 15) is 9.90 Å². The van der Waals surface area contributed by atoms with Crippen LogP contribution in [0.15, 0.2) is 53.6 Å². The van der Waals surface area contributed by atoms with Crippen molar-refractivity contribution in [2.45, 2.75) is 26.2 Å². The lowest BCUT2D eigenvalue weighted by molar-refractivity contribution is -0.120. The number of unbranched alkanes of at least 4 members (excludes halogenated alkanes) is 1. The summed E-state index contributed by atoms with van der Waals surface area (Å²) in [5.74, 6) is 0.758. The lowest BCUT2D eigenvalue weighted by atomic mass is 10.1. The van der Waals surface area contributed by atoms with E-state index in [4.69, 9.17) is 4.74 Å². The molecular formula is C19H22N2O3. The van der Waals surface area contributed by atoms with Gasteiger partial charge < -0.3 is 9.84 Å². The highest BCUT2D eigenvalue weighted by Gasteiger charge is 2.02. The minimum Gasteiger partial charge on any atom is -0.508 e. The summed E-state index contributed by atoms with van der Waals surface area (Å²) in [4.78, 5) is 11.8. The number of benzene rings is 2. The maximum absolute atomic E-state index is 11.8. The number of nitrogens with zero attached hydrogens (tertiary/aromatic N) is 1. The SMILES string of the molecule is CCCCOc1cccc(/C=N\NC(=O)Cc2ccc(O)cc2)c1. The molecule has 2 rings (SSSR count). The van der Waals surface area contributed by atoms with E-state index >= 15 is 0 Å². The Balaban J connectivity index is 1.83. The highest BCUT2D eigenvalue weighted by Crippen LogP contribution is 2.12. The summed E-state index contributed by atoms with van der Waals surface area (Å²) in [6.07, 6.45) is 3.90. The second kappa shape index (κ2) is 9.35. The van der Waals surface area contributed by atoms with Crippen LogP contribution in [-0.2, 0) is 11.2 Å². The van der Waals surface area contributed by atoms with Crippen LogP contribution in [0.5, 0.6) is 11.5 Å². The topological polar surface area (TPSA) is 70.9 Å². The molecule has 126 valence electrons. The fourth-order valence-electron chi connectivity index (χ4n) is 2.04. The third-order valence-corrected chi connectivity index (χ3v) is 3.33. The largest absolute Gasteiger partial charge is 0.508 e. The van der Waals surface area contributed by atoms with Crippen molar-refractivity contribution in [1.29, 1.82) is 0 Å². The standard InChI is InChI=1S/C19H22N2O3/c1-2-3-11-24-18-6-4-5-16(12-18)14-20-21-19(23)13-15-7-9-17(22)10-8-15/h4-10,12,14,22H,2-3,11,13H2,1H3,(H,21,23)/b20-14-. The third kappa shape index (κ3) is 6.12. The first-order valence-electron chi connectivity index (χ1n) is 8.00. The molecule has 2 N–H and O–H groups in total. The summed E-state index contributed by atoms with van der Waals surface area (Å²) in [5.41, 5.74) is 4.16. The van der Waals surface area contributed by atoms with Gasteiger partial charge in [0, 0.05) is 0 Å². The van der Waals surface area contributed by atoms with Gasteiger partial charge >= 0.3 is 0 Å². The number of nitrogens with one attached hydrogen (secondary N) is 1. The molecule has 1 amide bonds. The van der Waals surface area contributed by atoms with Gasteiger partial charge in [-0.1, -0.05) is 37.6 Å². The number of hydrogen-bond acceptors (Lipinski definition) is 4. The molecule has 0 aromatic heterocycles. The molecule has 5 nitrogen and oxygen atoms in total. The molecule has 0 saturated heterocycles. The average molecular weight is 326 g/mol. The van der Waals surface area contributed by atoms with Crippen molar-refractivity contribution >= 4 is 12.1 Å². The van der Waals surface area contributed by atoms with E-state index < -0.39 is 0 Å². The Hall–Kier alpha value is -2.82. The molecule has 2 aromatic carbocycles. The number of phenolic OH excluding ortho intramolecular Hbond substituents is 1. The molecular weight excluding hydrogens is 304 g/mol. The van der Waals surface area contributed by atoms with E-state index in [1.165, 1.54) is 0 Å². The highest BCUT2D eigenvalue weighted by molar-refractivity contribution is 5.83. The number of rotatable bonds is 8. The second-order valence-electron chi connectivity index (χ2n) is 5.41. The zero-order valence-electron chi connectivity index (χ0n) is 13.7. The number of ether oxygens (including phenoxy) is 1. The Morgan fingerprint density at radius 3 is 2.79 bits per heavy atom. The van der Waals surface area contributed by atoms with Gasteiger partial charge in [0.15, 0.2) is 0 Å². The van der Waals surface area contributed by atoms with Gasteiger partial charge in [0.05, 0.1) is 19.2 Å². The van der Waals surface area contributed by atoms with Crippen molar-refractivity contribution in [2.24, 2.45) is 5.10 Å². The average Bonchev–Trinajstić information content (AvgIpc) is 2.58. The number of hydrogen-bond donors (Lipinski definition) is 2. The van der Waals surface area contributed by atoms with Crippen LogP contribution in [-0.4, -0.2) is 23.8 Å². The Kier molecular flexibility index (Phi) is 6.83. The van der Waals surface area contributed by atoms with Crippen LogP contribution in [0.1, 0.15) is 30.9 Å². The first-order chi connectivity index (χ1) is 11.7. The van der Waals surface area contributed by atoms with Gasteiger partial charge in [0.1, 0.15) is 11.5 Å². The molecule has 0 aliphatic heterocycles. The number of phenols is 1. The van der Waals surface area contributed by atoms with Gasteiger partial charge in [0.2, 0.25) is 5.91 Å². The predicted molar refractivity (Wildman–Crippen MR) is 94.4 cm³/mol. The summed E-state index contributed by atoms with van der Waals surface area (Å²) < 4.78 is 5.63. The second-order valence-corrected chi connectivity index (χ2v) is 5.41. The van der Waals surface area contributed by atoms with Gasteiger partial charge in [-0.15, -0.1) is 0 Å². The monoisotopic (exact) mass is 326 g/mol. The molecule has 0 aliphatic rings. The molecule has 5 heteroatoms. The van der Waals surface area contributed by atoms with Crippen LogP contribution < -0.4 is 10.2 Å². The summed E-state index contributed by atoms with van der Waals surface area (Å²) in [7, 11) is 0. The molecule has 0 radical (unpaired) electrons. The smallest absolute Gasteiger partial charge is 0.244 e. The maximum Gasteiger partial charge on any atom is 0.244 e. The lowest BCUT2D eigenvalue weighted by Crippen LogP contribution is -2.19. The zero-order chi connectivity index (χ0) is 17.2. The first kappa shape index (κ1) is 17.5. The van der Waals surface area contributed by atoms with Crippen LogP contribution >= 0.6 is 0 Å². The normalized spacial score (nSPS) is 10.7. The van der Waals surface area contributed by atoms with E-state index in [-0.39, 0.29) is 18.1 Å². The molecule has 0 bridgehead atoms. The van der Waals surface area contributed by atoms with Gasteiger partial charge in [0.25, 0.3) is 0 Å².